The van der Waals surface area contributed by atoms with Crippen LogP contribution in [0.15, 0.2) is 18.2 Å². The molecule has 0 amide bonds. The van der Waals surface area contributed by atoms with Crippen molar-refractivity contribution in [1.82, 2.24) is 0 Å². The molecule has 0 atom stereocenters. The Morgan fingerprint density at radius 3 is 2.93 bits per heavy atom. The van der Waals surface area contributed by atoms with Crippen LogP contribution in [0.5, 0.6) is 0 Å². The molecule has 0 fully saturated rings. The molecule has 0 radical (unpaired) electrons. The Kier molecular flexibility index (Phi) is 3.49. The van der Waals surface area contributed by atoms with Crippen LogP contribution in [-0.2, 0) is 18.6 Å². The number of hydrogen-bond acceptors (Lipinski definition) is 2. The maximum Gasteiger partial charge on any atom is 0.0185 e. The molecular formula is C12H17NS. The highest BCUT2D eigenvalue weighted by Gasteiger charge is 2.10. The maximum absolute atomic E-state index is 5.46. The second-order valence-corrected chi connectivity index (χ2v) is 4.90. The normalized spacial score (nSPS) is 14.4. The predicted molar refractivity (Wildman–Crippen MR) is 63.7 cm³/mol. The van der Waals surface area contributed by atoms with Crippen molar-refractivity contribution in [3.63, 3.8) is 0 Å². The van der Waals surface area contributed by atoms with E-state index in [1.807, 2.05) is 11.8 Å². The summed E-state index contributed by atoms with van der Waals surface area (Å²) >= 11 is 1.93. The van der Waals surface area contributed by atoms with E-state index in [1.54, 1.807) is 11.1 Å². The molecule has 0 unspecified atom stereocenters. The molecule has 2 rings (SSSR count). The van der Waals surface area contributed by atoms with E-state index in [2.05, 4.69) is 18.2 Å². The third kappa shape index (κ3) is 2.31. The van der Waals surface area contributed by atoms with E-state index in [4.69, 9.17) is 5.73 Å². The molecule has 2 N–H and O–H groups in total. The molecule has 0 aliphatic heterocycles. The summed E-state index contributed by atoms with van der Waals surface area (Å²) in [7, 11) is 0. The van der Waals surface area contributed by atoms with Crippen LogP contribution >= 0.6 is 11.8 Å². The van der Waals surface area contributed by atoms with E-state index >= 15 is 0 Å². The van der Waals surface area contributed by atoms with Crippen LogP contribution in [0.4, 0.5) is 0 Å². The Morgan fingerprint density at radius 1 is 1.21 bits per heavy atom. The molecule has 0 saturated heterocycles. The summed E-state index contributed by atoms with van der Waals surface area (Å²) < 4.78 is 0. The quantitative estimate of drug-likeness (QED) is 0.767. The Labute approximate surface area is 90.1 Å². The van der Waals surface area contributed by atoms with Crippen molar-refractivity contribution in [3.05, 3.63) is 34.9 Å². The van der Waals surface area contributed by atoms with Gasteiger partial charge in [0.1, 0.15) is 0 Å². The first-order chi connectivity index (χ1) is 6.90. The zero-order valence-electron chi connectivity index (χ0n) is 8.46. The summed E-state index contributed by atoms with van der Waals surface area (Å²) in [5, 5.41) is 0. The molecular weight excluding hydrogens is 190 g/mol. The number of aryl methyl sites for hydroxylation is 2. The zero-order chi connectivity index (χ0) is 9.80. The molecule has 1 aromatic rings. The highest BCUT2D eigenvalue weighted by atomic mass is 32.2. The van der Waals surface area contributed by atoms with Gasteiger partial charge in [-0.05, 0) is 36.0 Å². The van der Waals surface area contributed by atoms with Crippen LogP contribution in [0.1, 0.15) is 23.1 Å². The van der Waals surface area contributed by atoms with Gasteiger partial charge in [-0.3, -0.25) is 0 Å². The van der Waals surface area contributed by atoms with Gasteiger partial charge in [-0.1, -0.05) is 18.2 Å². The van der Waals surface area contributed by atoms with Crippen LogP contribution in [0, 0.1) is 0 Å². The van der Waals surface area contributed by atoms with E-state index in [0.29, 0.717) is 0 Å². The minimum absolute atomic E-state index is 0.787. The third-order valence-corrected chi connectivity index (χ3v) is 3.76. The minimum atomic E-state index is 0.787. The molecule has 0 saturated carbocycles. The summed E-state index contributed by atoms with van der Waals surface area (Å²) in [5.74, 6) is 2.18. The molecule has 1 aliphatic carbocycles. The lowest BCUT2D eigenvalue weighted by molar-refractivity contribution is 0.911. The summed E-state index contributed by atoms with van der Waals surface area (Å²) in [6, 6.07) is 6.96. The summed E-state index contributed by atoms with van der Waals surface area (Å²) in [4.78, 5) is 0. The van der Waals surface area contributed by atoms with E-state index < -0.39 is 0 Å². The van der Waals surface area contributed by atoms with Crippen molar-refractivity contribution in [2.75, 3.05) is 12.3 Å². The highest BCUT2D eigenvalue weighted by molar-refractivity contribution is 7.98. The average molecular weight is 207 g/mol. The molecule has 1 aromatic carbocycles. The summed E-state index contributed by atoms with van der Waals surface area (Å²) in [5.41, 5.74) is 10.1. The fourth-order valence-electron chi connectivity index (χ4n) is 1.99. The van der Waals surface area contributed by atoms with Gasteiger partial charge in [-0.25, -0.2) is 0 Å². The monoisotopic (exact) mass is 207 g/mol. The van der Waals surface area contributed by atoms with Crippen molar-refractivity contribution in [2.24, 2.45) is 5.73 Å². The van der Waals surface area contributed by atoms with Gasteiger partial charge in [-0.2, -0.15) is 11.8 Å². The van der Waals surface area contributed by atoms with Gasteiger partial charge in [0.2, 0.25) is 0 Å². The molecule has 2 heteroatoms. The third-order valence-electron chi connectivity index (χ3n) is 2.69. The van der Waals surface area contributed by atoms with Gasteiger partial charge in [0, 0.05) is 18.1 Å². The fraction of sp³-hybridized carbons (Fsp3) is 0.500. The van der Waals surface area contributed by atoms with Crippen LogP contribution in [0.25, 0.3) is 0 Å². The Morgan fingerprint density at radius 2 is 2.07 bits per heavy atom. The number of benzene rings is 1. The van der Waals surface area contributed by atoms with Crippen LogP contribution in [-0.4, -0.2) is 12.3 Å². The van der Waals surface area contributed by atoms with Crippen LogP contribution in [0.3, 0.4) is 0 Å². The van der Waals surface area contributed by atoms with Crippen LogP contribution in [0.2, 0.25) is 0 Å². The molecule has 0 spiro atoms. The molecule has 76 valence electrons. The summed E-state index contributed by atoms with van der Waals surface area (Å²) in [6.07, 6.45) is 3.91. The molecule has 0 aromatic heterocycles. The lowest BCUT2D eigenvalue weighted by Crippen LogP contribution is -2.01. The number of hydrogen-bond donors (Lipinski definition) is 1. The predicted octanol–water partition coefficient (Wildman–Crippen LogP) is 2.37. The van der Waals surface area contributed by atoms with Crippen LogP contribution < -0.4 is 5.73 Å². The van der Waals surface area contributed by atoms with Gasteiger partial charge < -0.3 is 5.73 Å². The van der Waals surface area contributed by atoms with E-state index in [-0.39, 0.29) is 0 Å². The first-order valence-electron chi connectivity index (χ1n) is 5.28. The van der Waals surface area contributed by atoms with Crippen molar-refractivity contribution < 1.29 is 0 Å². The smallest absolute Gasteiger partial charge is 0.0185 e. The average Bonchev–Trinajstić information content (AvgIpc) is 2.65. The van der Waals surface area contributed by atoms with Crippen molar-refractivity contribution in [1.29, 1.82) is 0 Å². The topological polar surface area (TPSA) is 26.0 Å². The lowest BCUT2D eigenvalue weighted by Gasteiger charge is -2.04. The van der Waals surface area contributed by atoms with Gasteiger partial charge >= 0.3 is 0 Å². The molecule has 0 bridgehead atoms. The van der Waals surface area contributed by atoms with E-state index in [0.717, 1.165) is 18.1 Å². The minimum Gasteiger partial charge on any atom is -0.330 e. The number of thioether (sulfide) groups is 1. The first kappa shape index (κ1) is 10.1. The van der Waals surface area contributed by atoms with Gasteiger partial charge in [0.15, 0.2) is 0 Å². The van der Waals surface area contributed by atoms with Crippen molar-refractivity contribution >= 4 is 11.8 Å². The van der Waals surface area contributed by atoms with Crippen molar-refractivity contribution in [2.45, 2.75) is 25.0 Å². The number of fused-ring (bicyclic) bond motifs is 1. The molecule has 1 aliphatic rings. The lowest BCUT2D eigenvalue weighted by atomic mass is 10.1. The molecule has 14 heavy (non-hydrogen) atoms. The highest BCUT2D eigenvalue weighted by Crippen LogP contribution is 2.24. The number of nitrogens with two attached hydrogens (primary N) is 1. The second-order valence-electron chi connectivity index (χ2n) is 3.80. The van der Waals surface area contributed by atoms with E-state index in [9.17, 15) is 0 Å². The van der Waals surface area contributed by atoms with Gasteiger partial charge in [0.05, 0.1) is 0 Å². The molecule has 1 nitrogen and oxygen atoms in total. The Bertz CT molecular complexity index is 309. The standard InChI is InChI=1S/C12H17NS/c13-6-7-14-9-10-4-5-11-2-1-3-12(11)8-10/h4-5,8H,1-3,6-7,9,13H2. The Balaban J connectivity index is 1.98. The van der Waals surface area contributed by atoms with Gasteiger partial charge in [0.25, 0.3) is 0 Å². The first-order valence-corrected chi connectivity index (χ1v) is 6.44. The Hall–Kier alpha value is -0.470. The summed E-state index contributed by atoms with van der Waals surface area (Å²) in [6.45, 7) is 0.787. The van der Waals surface area contributed by atoms with Crippen molar-refractivity contribution in [3.8, 4) is 0 Å². The SMILES string of the molecule is NCCSCc1ccc2c(c1)CCC2. The van der Waals surface area contributed by atoms with Gasteiger partial charge in [-0.15, -0.1) is 0 Å². The molecule has 0 heterocycles. The maximum atomic E-state index is 5.46. The largest absolute Gasteiger partial charge is 0.330 e. The van der Waals surface area contributed by atoms with E-state index in [1.165, 1.54) is 24.8 Å². The second kappa shape index (κ2) is 4.85. The zero-order valence-corrected chi connectivity index (χ0v) is 9.28. The number of rotatable bonds is 4. The fourth-order valence-corrected chi connectivity index (χ4v) is 2.71.